The monoisotopic (exact) mass is 455 g/mol. The second-order valence-corrected chi connectivity index (χ2v) is 9.85. The first-order valence-electron chi connectivity index (χ1n) is 12.3. The van der Waals surface area contributed by atoms with Gasteiger partial charge in [0, 0.05) is 30.6 Å². The largest absolute Gasteiger partial charge is 0.497 e. The van der Waals surface area contributed by atoms with Crippen molar-refractivity contribution < 1.29 is 19.1 Å². The molecule has 1 aliphatic heterocycles. The predicted octanol–water partition coefficient (Wildman–Crippen LogP) is 4.13. The molecule has 0 bridgehead atoms. The fourth-order valence-corrected chi connectivity index (χ4v) is 5.14. The van der Waals surface area contributed by atoms with Crippen LogP contribution in [0, 0.1) is 0 Å². The third-order valence-electron chi connectivity index (χ3n) is 7.04. The van der Waals surface area contributed by atoms with E-state index in [0.29, 0.717) is 31.8 Å². The average Bonchev–Trinajstić information content (AvgIpc) is 3.16. The molecule has 180 valence electrons. The Kier molecular flexibility index (Phi) is 6.98. The van der Waals surface area contributed by atoms with Crippen molar-refractivity contribution >= 4 is 22.7 Å². The van der Waals surface area contributed by atoms with Gasteiger partial charge in [0.25, 0.3) is 5.91 Å². The summed E-state index contributed by atoms with van der Waals surface area (Å²) in [6, 6.07) is 7.92. The van der Waals surface area contributed by atoms with E-state index < -0.39 is 5.54 Å². The summed E-state index contributed by atoms with van der Waals surface area (Å²) in [5, 5.41) is 4.25. The number of methoxy groups -OCH3 is 1. The van der Waals surface area contributed by atoms with E-state index in [2.05, 4.69) is 5.32 Å². The van der Waals surface area contributed by atoms with Gasteiger partial charge in [0.1, 0.15) is 17.0 Å². The van der Waals surface area contributed by atoms with Crippen LogP contribution in [0.25, 0.3) is 10.9 Å². The second kappa shape index (κ2) is 9.75. The molecule has 7 heteroatoms. The van der Waals surface area contributed by atoms with Crippen LogP contribution in [-0.4, -0.2) is 59.2 Å². The number of rotatable bonds is 8. The van der Waals surface area contributed by atoms with Gasteiger partial charge in [-0.3, -0.25) is 9.59 Å². The molecule has 1 aromatic heterocycles. The van der Waals surface area contributed by atoms with Crippen LogP contribution in [0.15, 0.2) is 24.3 Å². The molecular weight excluding hydrogens is 418 g/mol. The molecule has 2 aliphatic rings. The lowest BCUT2D eigenvalue weighted by Gasteiger charge is -2.45. The van der Waals surface area contributed by atoms with Crippen LogP contribution in [0.2, 0.25) is 0 Å². The molecule has 0 saturated heterocycles. The Morgan fingerprint density at radius 1 is 1.21 bits per heavy atom. The smallest absolute Gasteiger partial charge is 0.271 e. The molecule has 2 aromatic rings. The van der Waals surface area contributed by atoms with Crippen molar-refractivity contribution in [3.05, 3.63) is 30.0 Å². The maximum Gasteiger partial charge on any atom is 0.271 e. The van der Waals surface area contributed by atoms with Gasteiger partial charge in [-0.15, -0.1) is 0 Å². The number of nitrogens with zero attached hydrogens (tertiary/aromatic N) is 2. The minimum absolute atomic E-state index is 0.0667. The lowest BCUT2D eigenvalue weighted by molar-refractivity contribution is -0.134. The molecule has 4 rings (SSSR count). The number of aromatic nitrogens is 1. The highest BCUT2D eigenvalue weighted by atomic mass is 16.5. The predicted molar refractivity (Wildman–Crippen MR) is 129 cm³/mol. The van der Waals surface area contributed by atoms with Crippen molar-refractivity contribution in [2.45, 2.75) is 83.5 Å². The Morgan fingerprint density at radius 2 is 1.97 bits per heavy atom. The zero-order chi connectivity index (χ0) is 23.6. The Labute approximate surface area is 196 Å². The van der Waals surface area contributed by atoms with Crippen LogP contribution < -0.4 is 10.1 Å². The van der Waals surface area contributed by atoms with Gasteiger partial charge in [-0.2, -0.15) is 0 Å². The average molecular weight is 456 g/mol. The van der Waals surface area contributed by atoms with Crippen LogP contribution in [0.4, 0.5) is 0 Å². The van der Waals surface area contributed by atoms with Crippen LogP contribution in [0.5, 0.6) is 5.75 Å². The van der Waals surface area contributed by atoms with Crippen LogP contribution in [0.3, 0.4) is 0 Å². The number of nitrogens with one attached hydrogen (secondary N) is 1. The van der Waals surface area contributed by atoms with Gasteiger partial charge in [0.05, 0.1) is 25.3 Å². The van der Waals surface area contributed by atoms with Gasteiger partial charge in [-0.25, -0.2) is 0 Å². The molecule has 1 aliphatic carbocycles. The van der Waals surface area contributed by atoms with E-state index in [1.54, 1.807) is 12.0 Å². The Morgan fingerprint density at radius 3 is 2.67 bits per heavy atom. The summed E-state index contributed by atoms with van der Waals surface area (Å²) in [4.78, 5) is 29.2. The molecule has 0 unspecified atom stereocenters. The normalized spacial score (nSPS) is 21.5. The van der Waals surface area contributed by atoms with E-state index in [0.717, 1.165) is 42.3 Å². The number of hydrogen-bond donors (Lipinski definition) is 1. The van der Waals surface area contributed by atoms with Gasteiger partial charge in [-0.1, -0.05) is 19.3 Å². The second-order valence-electron chi connectivity index (χ2n) is 9.85. The van der Waals surface area contributed by atoms with E-state index in [4.69, 9.17) is 9.47 Å². The molecule has 1 N–H and O–H groups in total. The first-order valence-corrected chi connectivity index (χ1v) is 12.3. The summed E-state index contributed by atoms with van der Waals surface area (Å²) >= 11 is 0. The SMILES string of the molecule is COc1ccc2cc3n(c2c1)C[C@@](C)(C(=O)NC1CCCCC1)N(CCCOC(C)C)C3=O. The quantitative estimate of drug-likeness (QED) is 0.608. The zero-order valence-electron chi connectivity index (χ0n) is 20.4. The molecule has 1 fully saturated rings. The highest BCUT2D eigenvalue weighted by molar-refractivity contribution is 6.03. The molecule has 1 saturated carbocycles. The number of amides is 2. The maximum atomic E-state index is 13.7. The Bertz CT molecular complexity index is 1010. The van der Waals surface area contributed by atoms with Crippen molar-refractivity contribution in [1.82, 2.24) is 14.8 Å². The standard InChI is InChI=1S/C26H37N3O4/c1-18(2)33-14-8-13-29-24(30)23-15-19-11-12-21(32-4)16-22(19)28(23)17-26(29,3)25(31)27-20-9-6-5-7-10-20/h11-12,15-16,18,20H,5-10,13-14,17H2,1-4H3,(H,27,31)/t26-/m0/s1. The molecule has 1 aromatic carbocycles. The highest BCUT2D eigenvalue weighted by Crippen LogP contribution is 2.34. The van der Waals surface area contributed by atoms with Gasteiger partial charge in [0.2, 0.25) is 5.91 Å². The first-order chi connectivity index (χ1) is 15.8. The van der Waals surface area contributed by atoms with Crippen molar-refractivity contribution in [3.63, 3.8) is 0 Å². The highest BCUT2D eigenvalue weighted by Gasteiger charge is 2.47. The summed E-state index contributed by atoms with van der Waals surface area (Å²) in [6.45, 7) is 7.35. The lowest BCUT2D eigenvalue weighted by atomic mass is 9.91. The van der Waals surface area contributed by atoms with E-state index in [9.17, 15) is 9.59 Å². The minimum atomic E-state index is -0.978. The molecule has 0 spiro atoms. The summed E-state index contributed by atoms with van der Waals surface area (Å²) in [7, 11) is 1.63. The maximum absolute atomic E-state index is 13.7. The van der Waals surface area contributed by atoms with E-state index in [-0.39, 0.29) is 24.0 Å². The molecule has 7 nitrogen and oxygen atoms in total. The molecular formula is C26H37N3O4. The molecule has 2 heterocycles. The first kappa shape index (κ1) is 23.6. The van der Waals surface area contributed by atoms with Crippen molar-refractivity contribution in [1.29, 1.82) is 0 Å². The number of benzene rings is 1. The van der Waals surface area contributed by atoms with E-state index in [1.165, 1.54) is 6.42 Å². The van der Waals surface area contributed by atoms with Gasteiger partial charge < -0.3 is 24.3 Å². The van der Waals surface area contributed by atoms with Crippen LogP contribution in [-0.2, 0) is 16.1 Å². The van der Waals surface area contributed by atoms with Crippen LogP contribution >= 0.6 is 0 Å². The summed E-state index contributed by atoms with van der Waals surface area (Å²) in [5.41, 5.74) is 0.553. The number of carbonyl (C=O) groups excluding carboxylic acids is 2. The van der Waals surface area contributed by atoms with Gasteiger partial charge in [-0.05, 0) is 58.2 Å². The summed E-state index contributed by atoms with van der Waals surface area (Å²) in [5.74, 6) is 0.558. The fraction of sp³-hybridized carbons (Fsp3) is 0.615. The third kappa shape index (κ3) is 4.74. The van der Waals surface area contributed by atoms with Gasteiger partial charge in [0.15, 0.2) is 0 Å². The molecule has 2 amide bonds. The third-order valence-corrected chi connectivity index (χ3v) is 7.04. The van der Waals surface area contributed by atoms with Crippen molar-refractivity contribution in [3.8, 4) is 5.75 Å². The lowest BCUT2D eigenvalue weighted by Crippen LogP contribution is -2.65. The number of carbonyl (C=O) groups is 2. The Hall–Kier alpha value is -2.54. The topological polar surface area (TPSA) is 72.8 Å². The molecule has 0 radical (unpaired) electrons. The van der Waals surface area contributed by atoms with Crippen molar-refractivity contribution in [2.24, 2.45) is 0 Å². The fourth-order valence-electron chi connectivity index (χ4n) is 5.14. The van der Waals surface area contributed by atoms with Gasteiger partial charge >= 0.3 is 0 Å². The van der Waals surface area contributed by atoms with E-state index in [1.807, 2.05) is 49.6 Å². The van der Waals surface area contributed by atoms with Crippen LogP contribution in [0.1, 0.15) is 69.8 Å². The van der Waals surface area contributed by atoms with E-state index >= 15 is 0 Å². The molecule has 1 atom stereocenters. The summed E-state index contributed by atoms with van der Waals surface area (Å²) in [6.07, 6.45) is 6.35. The Balaban J connectivity index is 1.66. The number of hydrogen-bond acceptors (Lipinski definition) is 4. The zero-order valence-corrected chi connectivity index (χ0v) is 20.4. The molecule has 33 heavy (non-hydrogen) atoms. The summed E-state index contributed by atoms with van der Waals surface area (Å²) < 4.78 is 13.1. The minimum Gasteiger partial charge on any atom is -0.497 e. The number of ether oxygens (including phenoxy) is 2. The van der Waals surface area contributed by atoms with Crippen molar-refractivity contribution in [2.75, 3.05) is 20.3 Å². The number of fused-ring (bicyclic) bond motifs is 3.